The SMILES string of the molecule is Cc1cc(C)cc(/C=C/c2ccc(N(c3cc(C)cc(C)c3)c3cc(C)cc(C)c3)cc2)c1. The molecule has 0 saturated heterocycles. The molecule has 0 spiro atoms. The standard InChI is InChI=1S/C32H33N/c1-22-13-23(2)17-29(16-22)8-7-28-9-11-30(12-10-28)33(31-18-24(3)14-25(4)19-31)32-20-26(5)15-27(6)21-32/h7-21H,1-6H3/b8-7+. The molecule has 0 aromatic heterocycles. The molecule has 0 heterocycles. The molecule has 4 rings (SSSR count). The van der Waals surface area contributed by atoms with Crippen molar-refractivity contribution in [3.8, 4) is 0 Å². The zero-order valence-electron chi connectivity index (χ0n) is 20.6. The first-order chi connectivity index (χ1) is 15.8. The number of aryl methyl sites for hydroxylation is 6. The van der Waals surface area contributed by atoms with Crippen molar-refractivity contribution in [2.24, 2.45) is 0 Å². The lowest BCUT2D eigenvalue weighted by Crippen LogP contribution is -2.11. The molecule has 0 aliphatic carbocycles. The molecule has 0 atom stereocenters. The van der Waals surface area contributed by atoms with E-state index in [0.29, 0.717) is 0 Å². The van der Waals surface area contributed by atoms with Gasteiger partial charge in [-0.2, -0.15) is 0 Å². The molecule has 0 bridgehead atoms. The summed E-state index contributed by atoms with van der Waals surface area (Å²) < 4.78 is 0. The van der Waals surface area contributed by atoms with Crippen molar-refractivity contribution in [2.75, 3.05) is 4.90 Å². The fourth-order valence-electron chi connectivity index (χ4n) is 4.64. The third-order valence-corrected chi connectivity index (χ3v) is 5.79. The van der Waals surface area contributed by atoms with Gasteiger partial charge in [0.25, 0.3) is 0 Å². The average molecular weight is 432 g/mol. The van der Waals surface area contributed by atoms with E-state index in [1.807, 2.05) is 0 Å². The monoisotopic (exact) mass is 431 g/mol. The predicted octanol–water partition coefficient (Wildman–Crippen LogP) is 9.18. The predicted molar refractivity (Wildman–Crippen MR) is 145 cm³/mol. The summed E-state index contributed by atoms with van der Waals surface area (Å²) in [5.41, 5.74) is 13.6. The van der Waals surface area contributed by atoms with Gasteiger partial charge in [-0.05, 0) is 111 Å². The molecule has 1 heteroatoms. The molecule has 0 fully saturated rings. The molecule has 166 valence electrons. The van der Waals surface area contributed by atoms with E-state index in [1.54, 1.807) is 0 Å². The van der Waals surface area contributed by atoms with Crippen molar-refractivity contribution in [1.82, 2.24) is 0 Å². The van der Waals surface area contributed by atoms with Crippen molar-refractivity contribution >= 4 is 29.2 Å². The third-order valence-electron chi connectivity index (χ3n) is 5.79. The molecule has 0 unspecified atom stereocenters. The fourth-order valence-corrected chi connectivity index (χ4v) is 4.64. The summed E-state index contributed by atoms with van der Waals surface area (Å²) in [7, 11) is 0. The molecule has 4 aromatic rings. The summed E-state index contributed by atoms with van der Waals surface area (Å²) >= 11 is 0. The van der Waals surface area contributed by atoms with Crippen molar-refractivity contribution in [2.45, 2.75) is 41.5 Å². The lowest BCUT2D eigenvalue weighted by molar-refractivity contribution is 1.23. The average Bonchev–Trinajstić information content (AvgIpc) is 2.71. The molecule has 0 N–H and O–H groups in total. The normalized spacial score (nSPS) is 11.2. The second-order valence-corrected chi connectivity index (χ2v) is 9.37. The number of anilines is 3. The summed E-state index contributed by atoms with van der Waals surface area (Å²) in [6, 6.07) is 29.0. The van der Waals surface area contributed by atoms with Gasteiger partial charge in [0.15, 0.2) is 0 Å². The highest BCUT2D eigenvalue weighted by atomic mass is 15.1. The van der Waals surface area contributed by atoms with Crippen LogP contribution >= 0.6 is 0 Å². The highest BCUT2D eigenvalue weighted by Gasteiger charge is 2.14. The maximum atomic E-state index is 2.36. The number of hydrogen-bond acceptors (Lipinski definition) is 1. The van der Waals surface area contributed by atoms with Gasteiger partial charge in [-0.15, -0.1) is 0 Å². The maximum Gasteiger partial charge on any atom is 0.0466 e. The van der Waals surface area contributed by atoms with Crippen LogP contribution in [0.15, 0.2) is 78.9 Å². The highest BCUT2D eigenvalue weighted by Crippen LogP contribution is 2.36. The molecule has 0 amide bonds. The first-order valence-electron chi connectivity index (χ1n) is 11.6. The van der Waals surface area contributed by atoms with Crippen LogP contribution in [0.25, 0.3) is 12.2 Å². The summed E-state index contributed by atoms with van der Waals surface area (Å²) in [5, 5.41) is 0. The van der Waals surface area contributed by atoms with Gasteiger partial charge in [0.05, 0.1) is 0 Å². The Hall–Kier alpha value is -3.58. The fraction of sp³-hybridized carbons (Fsp3) is 0.188. The van der Waals surface area contributed by atoms with Crippen molar-refractivity contribution in [3.63, 3.8) is 0 Å². The van der Waals surface area contributed by atoms with E-state index in [1.165, 1.54) is 55.9 Å². The Morgan fingerprint density at radius 1 is 0.394 bits per heavy atom. The van der Waals surface area contributed by atoms with Crippen LogP contribution in [0.1, 0.15) is 44.5 Å². The van der Waals surface area contributed by atoms with Crippen molar-refractivity contribution < 1.29 is 0 Å². The first-order valence-corrected chi connectivity index (χ1v) is 11.6. The maximum absolute atomic E-state index is 2.36. The van der Waals surface area contributed by atoms with Gasteiger partial charge in [-0.25, -0.2) is 0 Å². The molecule has 0 saturated carbocycles. The molecule has 4 aromatic carbocycles. The number of rotatable bonds is 5. The van der Waals surface area contributed by atoms with Gasteiger partial charge in [-0.3, -0.25) is 0 Å². The minimum absolute atomic E-state index is 1.16. The molecule has 0 aliphatic heterocycles. The molecular weight excluding hydrogens is 398 g/mol. The van der Waals surface area contributed by atoms with Gasteiger partial charge >= 0.3 is 0 Å². The van der Waals surface area contributed by atoms with Gasteiger partial charge in [0, 0.05) is 17.1 Å². The highest BCUT2D eigenvalue weighted by molar-refractivity contribution is 5.79. The Labute approximate surface area is 199 Å². The van der Waals surface area contributed by atoms with Crippen LogP contribution in [-0.2, 0) is 0 Å². The van der Waals surface area contributed by atoms with Crippen LogP contribution in [0, 0.1) is 41.5 Å². The van der Waals surface area contributed by atoms with E-state index in [9.17, 15) is 0 Å². The van der Waals surface area contributed by atoms with Crippen molar-refractivity contribution in [3.05, 3.63) is 123 Å². The Morgan fingerprint density at radius 3 is 1.18 bits per heavy atom. The van der Waals surface area contributed by atoms with E-state index in [4.69, 9.17) is 0 Å². The third kappa shape index (κ3) is 5.62. The van der Waals surface area contributed by atoms with Crippen LogP contribution in [0.4, 0.5) is 17.1 Å². The number of hydrogen-bond donors (Lipinski definition) is 0. The lowest BCUT2D eigenvalue weighted by atomic mass is 10.0. The van der Waals surface area contributed by atoms with Gasteiger partial charge in [0.2, 0.25) is 0 Å². The Balaban J connectivity index is 1.72. The van der Waals surface area contributed by atoms with E-state index >= 15 is 0 Å². The lowest BCUT2D eigenvalue weighted by Gasteiger charge is -2.27. The largest absolute Gasteiger partial charge is 0.310 e. The zero-order chi connectivity index (χ0) is 23.5. The van der Waals surface area contributed by atoms with Gasteiger partial charge in [-0.1, -0.05) is 65.7 Å². The second-order valence-electron chi connectivity index (χ2n) is 9.37. The Bertz CT molecular complexity index is 1200. The van der Waals surface area contributed by atoms with Crippen LogP contribution in [0.2, 0.25) is 0 Å². The summed E-state index contributed by atoms with van der Waals surface area (Å²) in [6.07, 6.45) is 4.39. The summed E-state index contributed by atoms with van der Waals surface area (Å²) in [4.78, 5) is 2.36. The van der Waals surface area contributed by atoms with E-state index in [-0.39, 0.29) is 0 Å². The topological polar surface area (TPSA) is 3.24 Å². The van der Waals surface area contributed by atoms with Crippen LogP contribution < -0.4 is 4.90 Å². The molecule has 33 heavy (non-hydrogen) atoms. The minimum atomic E-state index is 1.16. The van der Waals surface area contributed by atoms with Gasteiger partial charge < -0.3 is 4.90 Å². The quantitative estimate of drug-likeness (QED) is 0.285. The van der Waals surface area contributed by atoms with Crippen LogP contribution in [0.5, 0.6) is 0 Å². The molecule has 0 radical (unpaired) electrons. The molecule has 0 aliphatic rings. The van der Waals surface area contributed by atoms with Gasteiger partial charge in [0.1, 0.15) is 0 Å². The Morgan fingerprint density at radius 2 is 0.758 bits per heavy atom. The number of benzene rings is 4. The molecule has 1 nitrogen and oxygen atoms in total. The number of nitrogens with zero attached hydrogens (tertiary/aromatic N) is 1. The summed E-state index contributed by atoms with van der Waals surface area (Å²) in [5.74, 6) is 0. The van der Waals surface area contributed by atoms with Crippen LogP contribution in [0.3, 0.4) is 0 Å². The van der Waals surface area contributed by atoms with E-state index < -0.39 is 0 Å². The Kier molecular flexibility index (Phi) is 6.51. The second kappa shape index (κ2) is 9.50. The van der Waals surface area contributed by atoms with E-state index in [0.717, 1.165) is 5.69 Å². The minimum Gasteiger partial charge on any atom is -0.310 e. The zero-order valence-corrected chi connectivity index (χ0v) is 20.6. The van der Waals surface area contributed by atoms with Crippen LogP contribution in [-0.4, -0.2) is 0 Å². The molecular formula is C32H33N. The summed E-state index contributed by atoms with van der Waals surface area (Å²) in [6.45, 7) is 12.9. The first kappa shape index (κ1) is 22.6. The smallest absolute Gasteiger partial charge is 0.0466 e. The van der Waals surface area contributed by atoms with E-state index in [2.05, 4.69) is 137 Å². The van der Waals surface area contributed by atoms with Crippen molar-refractivity contribution in [1.29, 1.82) is 0 Å².